The zero-order valence-electron chi connectivity index (χ0n) is 11.8. The van der Waals surface area contributed by atoms with Crippen molar-refractivity contribution in [2.24, 2.45) is 5.10 Å². The number of amides is 1. The summed E-state index contributed by atoms with van der Waals surface area (Å²) >= 11 is 3.32. The Morgan fingerprint density at radius 1 is 1.27 bits per heavy atom. The van der Waals surface area contributed by atoms with Gasteiger partial charge in [0.1, 0.15) is 11.6 Å². The maximum absolute atomic E-state index is 12.8. The molecule has 1 N–H and O–H groups in total. The van der Waals surface area contributed by atoms with Crippen LogP contribution in [0.1, 0.15) is 12.5 Å². The summed E-state index contributed by atoms with van der Waals surface area (Å²) in [6.07, 6.45) is 0. The number of carbonyl (C=O) groups excluding carboxylic acids is 1. The summed E-state index contributed by atoms with van der Waals surface area (Å²) in [6.45, 7) is 1.58. The van der Waals surface area contributed by atoms with Gasteiger partial charge in [0.15, 0.2) is 6.61 Å². The SMILES string of the molecule is C/C(=N\NC(=O)COc1cccc(Br)c1)c1ccc(F)cc1. The number of hydrogen-bond donors (Lipinski definition) is 1. The summed E-state index contributed by atoms with van der Waals surface area (Å²) in [6, 6.07) is 13.1. The van der Waals surface area contributed by atoms with Gasteiger partial charge >= 0.3 is 0 Å². The number of nitrogens with one attached hydrogen (secondary N) is 1. The van der Waals surface area contributed by atoms with Crippen LogP contribution in [0.25, 0.3) is 0 Å². The highest BCUT2D eigenvalue weighted by molar-refractivity contribution is 9.10. The predicted molar refractivity (Wildman–Crippen MR) is 86.4 cm³/mol. The van der Waals surface area contributed by atoms with Crippen LogP contribution in [0, 0.1) is 5.82 Å². The quantitative estimate of drug-likeness (QED) is 0.651. The monoisotopic (exact) mass is 364 g/mol. The van der Waals surface area contributed by atoms with Crippen molar-refractivity contribution in [3.05, 3.63) is 64.4 Å². The maximum atomic E-state index is 12.8. The van der Waals surface area contributed by atoms with Gasteiger partial charge in [-0.15, -0.1) is 0 Å². The Morgan fingerprint density at radius 2 is 2.00 bits per heavy atom. The second-order valence-electron chi connectivity index (χ2n) is 4.49. The zero-order chi connectivity index (χ0) is 15.9. The molecule has 1 amide bonds. The van der Waals surface area contributed by atoms with Gasteiger partial charge in [-0.25, -0.2) is 9.82 Å². The van der Waals surface area contributed by atoms with Crippen LogP contribution < -0.4 is 10.2 Å². The van der Waals surface area contributed by atoms with Crippen molar-refractivity contribution in [3.63, 3.8) is 0 Å². The molecule has 0 heterocycles. The molecule has 2 aromatic rings. The van der Waals surface area contributed by atoms with E-state index < -0.39 is 0 Å². The van der Waals surface area contributed by atoms with Gasteiger partial charge in [0.05, 0.1) is 5.71 Å². The van der Waals surface area contributed by atoms with Gasteiger partial charge in [-0.1, -0.05) is 34.1 Å². The molecule has 0 saturated heterocycles. The molecule has 0 atom stereocenters. The fourth-order valence-electron chi connectivity index (χ4n) is 1.64. The number of ether oxygens (including phenoxy) is 1. The summed E-state index contributed by atoms with van der Waals surface area (Å²) in [7, 11) is 0. The Labute approximate surface area is 136 Å². The number of carbonyl (C=O) groups is 1. The molecule has 0 radical (unpaired) electrons. The second-order valence-corrected chi connectivity index (χ2v) is 5.40. The summed E-state index contributed by atoms with van der Waals surface area (Å²) in [5, 5.41) is 3.96. The van der Waals surface area contributed by atoms with Gasteiger partial charge in [0.25, 0.3) is 5.91 Å². The highest BCUT2D eigenvalue weighted by atomic mass is 79.9. The number of rotatable bonds is 5. The molecule has 0 unspecified atom stereocenters. The van der Waals surface area contributed by atoms with E-state index in [4.69, 9.17) is 4.74 Å². The van der Waals surface area contributed by atoms with E-state index in [1.807, 2.05) is 12.1 Å². The van der Waals surface area contributed by atoms with E-state index in [1.54, 1.807) is 31.2 Å². The van der Waals surface area contributed by atoms with Gasteiger partial charge in [0, 0.05) is 4.47 Å². The number of halogens is 2. The topological polar surface area (TPSA) is 50.7 Å². The molecule has 0 aromatic heterocycles. The Bertz CT molecular complexity index is 687. The molecule has 0 saturated carbocycles. The average Bonchev–Trinajstić information content (AvgIpc) is 2.51. The number of hydrogen-bond acceptors (Lipinski definition) is 3. The van der Waals surface area contributed by atoms with Crippen molar-refractivity contribution in [1.29, 1.82) is 0 Å². The minimum Gasteiger partial charge on any atom is -0.484 e. The van der Waals surface area contributed by atoms with Crippen LogP contribution in [0.2, 0.25) is 0 Å². The zero-order valence-corrected chi connectivity index (χ0v) is 13.4. The summed E-state index contributed by atoms with van der Waals surface area (Å²) in [4.78, 5) is 11.7. The number of benzene rings is 2. The summed E-state index contributed by atoms with van der Waals surface area (Å²) in [5.41, 5.74) is 3.71. The first-order valence-corrected chi connectivity index (χ1v) is 7.31. The van der Waals surface area contributed by atoms with Gasteiger partial charge in [-0.2, -0.15) is 5.10 Å². The molecule has 2 rings (SSSR count). The average molecular weight is 365 g/mol. The van der Waals surface area contributed by atoms with Crippen molar-refractivity contribution in [3.8, 4) is 5.75 Å². The van der Waals surface area contributed by atoms with Crippen LogP contribution in [0.4, 0.5) is 4.39 Å². The van der Waals surface area contributed by atoms with E-state index in [1.165, 1.54) is 12.1 Å². The minimum atomic E-state index is -0.374. The predicted octanol–water partition coefficient (Wildman–Crippen LogP) is 3.51. The molecule has 0 aliphatic rings. The van der Waals surface area contributed by atoms with E-state index in [9.17, 15) is 9.18 Å². The smallest absolute Gasteiger partial charge is 0.277 e. The van der Waals surface area contributed by atoms with Crippen molar-refractivity contribution in [2.45, 2.75) is 6.92 Å². The van der Waals surface area contributed by atoms with Gasteiger partial charge in [-0.3, -0.25) is 4.79 Å². The summed E-state index contributed by atoms with van der Waals surface area (Å²) < 4.78 is 19.0. The molecule has 0 aliphatic heterocycles. The molecular formula is C16H14BrFN2O2. The van der Waals surface area contributed by atoms with Crippen LogP contribution in [-0.2, 0) is 4.79 Å². The highest BCUT2D eigenvalue weighted by Gasteiger charge is 2.03. The molecule has 6 heteroatoms. The third kappa shape index (κ3) is 4.96. The van der Waals surface area contributed by atoms with Crippen LogP contribution in [0.3, 0.4) is 0 Å². The Balaban J connectivity index is 1.86. The lowest BCUT2D eigenvalue weighted by Crippen LogP contribution is -2.25. The molecule has 4 nitrogen and oxygen atoms in total. The first-order chi connectivity index (χ1) is 10.5. The van der Waals surface area contributed by atoms with Gasteiger partial charge in [-0.05, 0) is 42.8 Å². The van der Waals surface area contributed by atoms with Crippen molar-refractivity contribution < 1.29 is 13.9 Å². The molecule has 0 aliphatic carbocycles. The third-order valence-electron chi connectivity index (χ3n) is 2.78. The third-order valence-corrected chi connectivity index (χ3v) is 3.27. The maximum Gasteiger partial charge on any atom is 0.277 e. The second kappa shape index (κ2) is 7.70. The Hall–Kier alpha value is -2.21. The Morgan fingerprint density at radius 3 is 2.68 bits per heavy atom. The fraction of sp³-hybridized carbons (Fsp3) is 0.125. The van der Waals surface area contributed by atoms with E-state index in [0.29, 0.717) is 11.5 Å². The van der Waals surface area contributed by atoms with E-state index >= 15 is 0 Å². The van der Waals surface area contributed by atoms with Crippen molar-refractivity contribution in [2.75, 3.05) is 6.61 Å². The van der Waals surface area contributed by atoms with Crippen LogP contribution in [0.5, 0.6) is 5.75 Å². The molecular weight excluding hydrogens is 351 g/mol. The number of nitrogens with zero attached hydrogens (tertiary/aromatic N) is 1. The highest BCUT2D eigenvalue weighted by Crippen LogP contribution is 2.17. The normalized spacial score (nSPS) is 11.1. The lowest BCUT2D eigenvalue weighted by Gasteiger charge is -2.06. The molecule has 114 valence electrons. The number of hydrazone groups is 1. The molecule has 0 spiro atoms. The van der Waals surface area contributed by atoms with Crippen LogP contribution in [0.15, 0.2) is 58.1 Å². The fourth-order valence-corrected chi connectivity index (χ4v) is 2.02. The van der Waals surface area contributed by atoms with Crippen molar-refractivity contribution >= 4 is 27.5 Å². The molecule has 0 bridgehead atoms. The molecule has 0 fully saturated rings. The van der Waals surface area contributed by atoms with Crippen LogP contribution in [-0.4, -0.2) is 18.2 Å². The van der Waals surface area contributed by atoms with Crippen molar-refractivity contribution in [1.82, 2.24) is 5.43 Å². The lowest BCUT2D eigenvalue weighted by atomic mass is 10.1. The van der Waals surface area contributed by atoms with Crippen LogP contribution >= 0.6 is 15.9 Å². The minimum absolute atomic E-state index is 0.142. The van der Waals surface area contributed by atoms with E-state index in [2.05, 4.69) is 26.5 Å². The van der Waals surface area contributed by atoms with E-state index in [-0.39, 0.29) is 18.3 Å². The molecule has 2 aromatic carbocycles. The lowest BCUT2D eigenvalue weighted by molar-refractivity contribution is -0.123. The molecule has 22 heavy (non-hydrogen) atoms. The first-order valence-electron chi connectivity index (χ1n) is 6.52. The van der Waals surface area contributed by atoms with Gasteiger partial charge in [0.2, 0.25) is 0 Å². The standard InChI is InChI=1S/C16H14BrFN2O2/c1-11(12-5-7-14(18)8-6-12)19-20-16(21)10-22-15-4-2-3-13(17)9-15/h2-9H,10H2,1H3,(H,20,21)/b19-11+. The Kier molecular flexibility index (Phi) is 5.66. The first kappa shape index (κ1) is 16.2. The largest absolute Gasteiger partial charge is 0.484 e. The van der Waals surface area contributed by atoms with E-state index in [0.717, 1.165) is 10.0 Å². The van der Waals surface area contributed by atoms with Gasteiger partial charge < -0.3 is 4.74 Å². The summed E-state index contributed by atoms with van der Waals surface area (Å²) in [5.74, 6) is -0.104.